The van der Waals surface area contributed by atoms with Crippen molar-refractivity contribution in [1.82, 2.24) is 19.5 Å². The van der Waals surface area contributed by atoms with E-state index >= 15 is 0 Å². The van der Waals surface area contributed by atoms with E-state index in [-0.39, 0.29) is 11.5 Å². The van der Waals surface area contributed by atoms with Crippen LogP contribution < -0.4 is 11.3 Å². The van der Waals surface area contributed by atoms with Crippen LogP contribution in [-0.2, 0) is 6.54 Å². The van der Waals surface area contributed by atoms with Gasteiger partial charge in [-0.25, -0.2) is 9.97 Å². The quantitative estimate of drug-likeness (QED) is 0.787. The average Bonchev–Trinajstić information content (AvgIpc) is 3.04. The first kappa shape index (κ1) is 15.8. The third-order valence-corrected chi connectivity index (χ3v) is 4.85. The van der Waals surface area contributed by atoms with Gasteiger partial charge in [-0.3, -0.25) is 9.36 Å². The van der Waals surface area contributed by atoms with Crippen LogP contribution in [0.2, 0.25) is 0 Å². The van der Waals surface area contributed by atoms with Crippen LogP contribution in [0.4, 0.5) is 5.95 Å². The number of rotatable bonds is 3. The summed E-state index contributed by atoms with van der Waals surface area (Å²) in [7, 11) is 0. The molecule has 0 saturated heterocycles. The van der Waals surface area contributed by atoms with Gasteiger partial charge < -0.3 is 10.2 Å². The summed E-state index contributed by atoms with van der Waals surface area (Å²) in [6.07, 6.45) is 7.33. The SMILES string of the molecule is Cc1ccc(-c2nc(N)nc3c2ncc(=O)n3CC2CCCCC2)o1. The molecule has 1 saturated carbocycles. The molecule has 7 heteroatoms. The van der Waals surface area contributed by atoms with Gasteiger partial charge in [0, 0.05) is 6.54 Å². The standard InChI is InChI=1S/C18H21N5O2/c1-11-7-8-13(25-11)15-16-17(22-18(19)21-15)23(14(24)9-20-16)10-12-5-3-2-4-6-12/h7-9,12H,2-6,10H2,1H3,(H2,19,21,22). The first-order chi connectivity index (χ1) is 12.1. The third-order valence-electron chi connectivity index (χ3n) is 4.85. The van der Waals surface area contributed by atoms with Gasteiger partial charge >= 0.3 is 0 Å². The van der Waals surface area contributed by atoms with Crippen LogP contribution in [0.15, 0.2) is 27.5 Å². The summed E-state index contributed by atoms with van der Waals surface area (Å²) in [6, 6.07) is 3.69. The molecule has 0 radical (unpaired) electrons. The van der Waals surface area contributed by atoms with Gasteiger partial charge in [0.05, 0.1) is 6.20 Å². The van der Waals surface area contributed by atoms with E-state index in [0.29, 0.717) is 35.1 Å². The monoisotopic (exact) mass is 339 g/mol. The summed E-state index contributed by atoms with van der Waals surface area (Å²) < 4.78 is 7.37. The number of nitrogens with zero attached hydrogens (tertiary/aromatic N) is 4. The lowest BCUT2D eigenvalue weighted by Crippen LogP contribution is -2.26. The molecule has 3 heterocycles. The zero-order valence-corrected chi connectivity index (χ0v) is 14.2. The highest BCUT2D eigenvalue weighted by Crippen LogP contribution is 2.28. The molecule has 0 bridgehead atoms. The van der Waals surface area contributed by atoms with Gasteiger partial charge in [0.1, 0.15) is 17.0 Å². The molecule has 130 valence electrons. The molecule has 1 aliphatic rings. The minimum Gasteiger partial charge on any atom is -0.460 e. The maximum Gasteiger partial charge on any atom is 0.270 e. The predicted octanol–water partition coefficient (Wildman–Crippen LogP) is 2.92. The van der Waals surface area contributed by atoms with E-state index in [1.54, 1.807) is 4.57 Å². The molecule has 7 nitrogen and oxygen atoms in total. The normalized spacial score (nSPS) is 15.7. The van der Waals surface area contributed by atoms with Crippen molar-refractivity contribution in [3.8, 4) is 11.5 Å². The molecule has 0 unspecified atom stereocenters. The highest BCUT2D eigenvalue weighted by molar-refractivity contribution is 5.86. The Kier molecular flexibility index (Phi) is 3.99. The van der Waals surface area contributed by atoms with Crippen LogP contribution in [0.1, 0.15) is 37.9 Å². The van der Waals surface area contributed by atoms with Crippen molar-refractivity contribution in [3.63, 3.8) is 0 Å². The zero-order valence-electron chi connectivity index (χ0n) is 14.2. The number of aryl methyl sites for hydroxylation is 1. The molecule has 2 N–H and O–H groups in total. The van der Waals surface area contributed by atoms with Crippen LogP contribution >= 0.6 is 0 Å². The van der Waals surface area contributed by atoms with Gasteiger partial charge in [0.25, 0.3) is 5.56 Å². The molecule has 3 aromatic rings. The first-order valence-corrected chi connectivity index (χ1v) is 8.71. The van der Waals surface area contributed by atoms with Crippen molar-refractivity contribution >= 4 is 17.1 Å². The maximum absolute atomic E-state index is 12.4. The minimum atomic E-state index is -0.155. The van der Waals surface area contributed by atoms with E-state index in [9.17, 15) is 4.79 Å². The van der Waals surface area contributed by atoms with E-state index in [2.05, 4.69) is 15.0 Å². The summed E-state index contributed by atoms with van der Waals surface area (Å²) >= 11 is 0. The molecule has 0 aromatic carbocycles. The molecular formula is C18H21N5O2. The van der Waals surface area contributed by atoms with Crippen LogP contribution in [0, 0.1) is 12.8 Å². The van der Waals surface area contributed by atoms with Crippen molar-refractivity contribution in [2.75, 3.05) is 5.73 Å². The second kappa shape index (κ2) is 6.31. The van der Waals surface area contributed by atoms with Crippen LogP contribution in [0.5, 0.6) is 0 Å². The van der Waals surface area contributed by atoms with E-state index in [1.807, 2.05) is 19.1 Å². The summed E-state index contributed by atoms with van der Waals surface area (Å²) in [6.45, 7) is 2.51. The van der Waals surface area contributed by atoms with Crippen LogP contribution in [-0.4, -0.2) is 19.5 Å². The molecule has 1 fully saturated rings. The van der Waals surface area contributed by atoms with Crippen molar-refractivity contribution in [2.24, 2.45) is 5.92 Å². The molecule has 0 aliphatic heterocycles. The number of fused-ring (bicyclic) bond motifs is 1. The van der Waals surface area contributed by atoms with Gasteiger partial charge in [0.2, 0.25) is 5.95 Å². The minimum absolute atomic E-state index is 0.112. The van der Waals surface area contributed by atoms with Gasteiger partial charge in [-0.1, -0.05) is 19.3 Å². The first-order valence-electron chi connectivity index (χ1n) is 8.71. The number of aromatic nitrogens is 4. The Bertz CT molecular complexity index is 969. The van der Waals surface area contributed by atoms with Gasteiger partial charge in [-0.15, -0.1) is 0 Å². The van der Waals surface area contributed by atoms with E-state index in [1.165, 1.54) is 25.5 Å². The molecule has 25 heavy (non-hydrogen) atoms. The Hall–Kier alpha value is -2.70. The number of nitrogen functional groups attached to an aromatic ring is 1. The topological polar surface area (TPSA) is 99.8 Å². The lowest BCUT2D eigenvalue weighted by Gasteiger charge is -2.22. The third kappa shape index (κ3) is 3.01. The Morgan fingerprint density at radius 1 is 1.24 bits per heavy atom. The predicted molar refractivity (Wildman–Crippen MR) is 95.0 cm³/mol. The number of nitrogens with two attached hydrogens (primary N) is 1. The Morgan fingerprint density at radius 2 is 2.04 bits per heavy atom. The highest BCUT2D eigenvalue weighted by atomic mass is 16.3. The summed E-state index contributed by atoms with van der Waals surface area (Å²) in [5.41, 5.74) is 7.30. The molecule has 0 atom stereocenters. The number of anilines is 1. The Morgan fingerprint density at radius 3 is 2.76 bits per heavy atom. The van der Waals surface area contributed by atoms with Crippen molar-refractivity contribution in [3.05, 3.63) is 34.4 Å². The number of furan rings is 1. The molecule has 1 aliphatic carbocycles. The fraction of sp³-hybridized carbons (Fsp3) is 0.444. The molecule has 0 spiro atoms. The highest BCUT2D eigenvalue weighted by Gasteiger charge is 2.20. The summed E-state index contributed by atoms with van der Waals surface area (Å²) in [5.74, 6) is 1.95. The lowest BCUT2D eigenvalue weighted by molar-refractivity contribution is 0.319. The van der Waals surface area contributed by atoms with Crippen molar-refractivity contribution in [2.45, 2.75) is 45.6 Å². The fourth-order valence-corrected chi connectivity index (χ4v) is 3.60. The van der Waals surface area contributed by atoms with Crippen LogP contribution in [0.3, 0.4) is 0 Å². The molecular weight excluding hydrogens is 318 g/mol. The van der Waals surface area contributed by atoms with Gasteiger partial charge in [-0.05, 0) is 37.8 Å². The van der Waals surface area contributed by atoms with Gasteiger partial charge in [-0.2, -0.15) is 4.98 Å². The average molecular weight is 339 g/mol. The maximum atomic E-state index is 12.4. The second-order valence-corrected chi connectivity index (χ2v) is 6.72. The number of hydrogen-bond acceptors (Lipinski definition) is 6. The largest absolute Gasteiger partial charge is 0.460 e. The van der Waals surface area contributed by atoms with Crippen molar-refractivity contribution in [1.29, 1.82) is 0 Å². The molecule has 0 amide bonds. The van der Waals surface area contributed by atoms with Crippen LogP contribution in [0.25, 0.3) is 22.6 Å². The molecule has 3 aromatic heterocycles. The number of hydrogen-bond donors (Lipinski definition) is 1. The summed E-state index contributed by atoms with van der Waals surface area (Å²) in [5, 5.41) is 0. The zero-order chi connectivity index (χ0) is 17.4. The second-order valence-electron chi connectivity index (χ2n) is 6.72. The fourth-order valence-electron chi connectivity index (χ4n) is 3.60. The van der Waals surface area contributed by atoms with E-state index in [4.69, 9.17) is 10.2 Å². The lowest BCUT2D eigenvalue weighted by atomic mass is 9.89. The van der Waals surface area contributed by atoms with E-state index < -0.39 is 0 Å². The molecule has 4 rings (SSSR count). The van der Waals surface area contributed by atoms with E-state index in [0.717, 1.165) is 18.6 Å². The smallest absolute Gasteiger partial charge is 0.270 e. The Labute approximate surface area is 144 Å². The van der Waals surface area contributed by atoms with Gasteiger partial charge in [0.15, 0.2) is 11.4 Å². The van der Waals surface area contributed by atoms with Crippen molar-refractivity contribution < 1.29 is 4.42 Å². The summed E-state index contributed by atoms with van der Waals surface area (Å²) in [4.78, 5) is 25.4. The Balaban J connectivity index is 1.87.